The van der Waals surface area contributed by atoms with Gasteiger partial charge in [-0.15, -0.1) is 4.72 Å². The van der Waals surface area contributed by atoms with Crippen molar-refractivity contribution in [3.05, 3.63) is 23.4 Å². The molecule has 2 atom stereocenters. The highest BCUT2D eigenvalue weighted by Crippen LogP contribution is 2.24. The maximum Gasteiger partial charge on any atom is 0.278 e. The lowest BCUT2D eigenvalue weighted by Crippen LogP contribution is -2.40. The molecule has 0 bridgehead atoms. The molecule has 0 aromatic carbocycles. The van der Waals surface area contributed by atoms with Crippen molar-refractivity contribution in [1.82, 2.24) is 9.71 Å². The molecule has 1 aromatic rings. The summed E-state index contributed by atoms with van der Waals surface area (Å²) < 4.78 is 45.4. The van der Waals surface area contributed by atoms with Gasteiger partial charge in [0.2, 0.25) is 5.88 Å². The van der Waals surface area contributed by atoms with Crippen LogP contribution in [-0.4, -0.2) is 26.8 Å². The summed E-state index contributed by atoms with van der Waals surface area (Å²) in [4.78, 5) is 4.08. The number of ether oxygens (including phenoxy) is 1. The summed E-state index contributed by atoms with van der Waals surface area (Å²) in [5, 5.41) is 0. The molecule has 0 saturated heterocycles. The van der Waals surface area contributed by atoms with Crippen LogP contribution in [0.2, 0.25) is 0 Å². The van der Waals surface area contributed by atoms with Crippen molar-refractivity contribution in [3.63, 3.8) is 0 Å². The second kappa shape index (κ2) is 7.10. The van der Waals surface area contributed by atoms with Gasteiger partial charge in [0.1, 0.15) is 4.75 Å². The largest absolute Gasteiger partial charge is 0.598 e. The summed E-state index contributed by atoms with van der Waals surface area (Å²) in [5.74, 6) is -2.71. The Hall–Kier alpha value is -0.920. The maximum absolute atomic E-state index is 12.8. The van der Waals surface area contributed by atoms with E-state index in [1.54, 1.807) is 19.2 Å². The number of pyridine rings is 1. The van der Waals surface area contributed by atoms with E-state index in [-0.39, 0.29) is 16.7 Å². The topological polar surface area (TPSA) is 57.2 Å². The maximum atomic E-state index is 12.8. The normalized spacial score (nSPS) is 15.5. The molecule has 0 aliphatic heterocycles. The third kappa shape index (κ3) is 6.06. The lowest BCUT2D eigenvalue weighted by atomic mass is 10.1. The van der Waals surface area contributed by atoms with E-state index in [2.05, 4.69) is 9.71 Å². The zero-order valence-electron chi connectivity index (χ0n) is 13.9. The molecule has 1 N–H and O–H groups in total. The van der Waals surface area contributed by atoms with E-state index in [0.29, 0.717) is 5.56 Å². The molecule has 0 aliphatic rings. The van der Waals surface area contributed by atoms with Crippen LogP contribution in [0.3, 0.4) is 0 Å². The van der Waals surface area contributed by atoms with E-state index in [1.807, 2.05) is 27.7 Å². The fourth-order valence-electron chi connectivity index (χ4n) is 1.57. The number of rotatable bonds is 6. The number of hydrogen-bond donors (Lipinski definition) is 1. The molecule has 0 aliphatic carbocycles. The molecule has 0 fully saturated rings. The molecule has 1 aromatic heterocycles. The van der Waals surface area contributed by atoms with Gasteiger partial charge >= 0.3 is 0 Å². The van der Waals surface area contributed by atoms with Crippen LogP contribution in [0.1, 0.15) is 51.8 Å². The molecule has 0 radical (unpaired) electrons. The second-order valence-corrected chi connectivity index (χ2v) is 8.47. The zero-order chi connectivity index (χ0) is 17.1. The molecule has 22 heavy (non-hydrogen) atoms. The van der Waals surface area contributed by atoms with E-state index in [4.69, 9.17) is 4.74 Å². The summed E-state index contributed by atoms with van der Waals surface area (Å²) in [6.07, 6.45) is 1.55. The van der Waals surface area contributed by atoms with Crippen molar-refractivity contribution >= 4 is 11.4 Å². The molecular weight excluding hydrogens is 310 g/mol. The standard InChI is InChI=1S/C15H24F2N2O2S/c1-10-7-12(11(2)19-22(20)14(3,4)5)8-18-13(10)21-9-15(6,16)17/h7-8,11,19H,9H2,1-6H3. The number of nitrogens with one attached hydrogen (secondary N) is 1. The number of aromatic nitrogens is 1. The van der Waals surface area contributed by atoms with Gasteiger partial charge in [-0.25, -0.2) is 13.8 Å². The number of nitrogens with zero attached hydrogens (tertiary/aromatic N) is 1. The fraction of sp³-hybridized carbons (Fsp3) is 0.667. The molecule has 0 spiro atoms. The molecule has 4 nitrogen and oxygen atoms in total. The van der Waals surface area contributed by atoms with Gasteiger partial charge in [0.05, 0.1) is 6.04 Å². The first-order chi connectivity index (χ1) is 9.90. The minimum absolute atomic E-state index is 0.173. The Morgan fingerprint density at radius 2 is 1.95 bits per heavy atom. The van der Waals surface area contributed by atoms with Crippen molar-refractivity contribution in [2.75, 3.05) is 6.61 Å². The summed E-state index contributed by atoms with van der Waals surface area (Å²) in [6, 6.07) is 1.63. The molecular formula is C15H24F2N2O2S. The summed E-state index contributed by atoms with van der Waals surface area (Å²) >= 11 is -1.20. The van der Waals surface area contributed by atoms with Crippen molar-refractivity contribution < 1.29 is 18.1 Å². The Labute approximate surface area is 134 Å². The Morgan fingerprint density at radius 1 is 1.36 bits per heavy atom. The fourth-order valence-corrected chi connectivity index (χ4v) is 2.38. The van der Waals surface area contributed by atoms with E-state index in [1.165, 1.54) is 0 Å². The van der Waals surface area contributed by atoms with Gasteiger partial charge in [0, 0.05) is 30.0 Å². The highest BCUT2D eigenvalue weighted by Gasteiger charge is 2.28. The summed E-state index contributed by atoms with van der Waals surface area (Å²) in [6.45, 7) is 9.36. The smallest absolute Gasteiger partial charge is 0.278 e. The average Bonchev–Trinajstić information content (AvgIpc) is 2.34. The minimum atomic E-state index is -2.90. The van der Waals surface area contributed by atoms with Crippen molar-refractivity contribution in [2.24, 2.45) is 0 Å². The van der Waals surface area contributed by atoms with Gasteiger partial charge in [-0.3, -0.25) is 0 Å². The second-order valence-electron chi connectivity index (χ2n) is 6.47. The average molecular weight is 334 g/mol. The molecule has 2 unspecified atom stereocenters. The van der Waals surface area contributed by atoms with Crippen LogP contribution in [-0.2, 0) is 11.4 Å². The molecule has 0 amide bonds. The Bertz CT molecular complexity index is 501. The van der Waals surface area contributed by atoms with Gasteiger partial charge in [0.25, 0.3) is 5.92 Å². The Morgan fingerprint density at radius 3 is 2.41 bits per heavy atom. The number of alkyl halides is 2. The third-order valence-electron chi connectivity index (χ3n) is 2.85. The highest BCUT2D eigenvalue weighted by atomic mass is 32.2. The monoisotopic (exact) mass is 334 g/mol. The Balaban J connectivity index is 2.76. The first-order valence-corrected chi connectivity index (χ1v) is 8.20. The molecule has 126 valence electrons. The van der Waals surface area contributed by atoms with Crippen LogP contribution in [0.5, 0.6) is 5.88 Å². The zero-order valence-corrected chi connectivity index (χ0v) is 14.7. The molecule has 7 heteroatoms. The molecule has 1 rings (SSSR count). The van der Waals surface area contributed by atoms with Gasteiger partial charge in [-0.1, -0.05) is 0 Å². The van der Waals surface area contributed by atoms with Crippen LogP contribution in [0.4, 0.5) is 8.78 Å². The first-order valence-electron chi connectivity index (χ1n) is 7.05. The van der Waals surface area contributed by atoms with Crippen LogP contribution in [0.25, 0.3) is 0 Å². The van der Waals surface area contributed by atoms with E-state index < -0.39 is 23.9 Å². The number of aryl methyl sites for hydroxylation is 1. The highest BCUT2D eigenvalue weighted by molar-refractivity contribution is 7.90. The predicted molar refractivity (Wildman–Crippen MR) is 84.5 cm³/mol. The lowest BCUT2D eigenvalue weighted by Gasteiger charge is -2.26. The van der Waals surface area contributed by atoms with Crippen LogP contribution in [0, 0.1) is 6.92 Å². The van der Waals surface area contributed by atoms with Crippen molar-refractivity contribution in [3.8, 4) is 5.88 Å². The summed E-state index contributed by atoms with van der Waals surface area (Å²) in [7, 11) is 0. The van der Waals surface area contributed by atoms with Gasteiger partial charge in [-0.2, -0.15) is 0 Å². The third-order valence-corrected chi connectivity index (χ3v) is 4.53. The van der Waals surface area contributed by atoms with Gasteiger partial charge < -0.3 is 9.29 Å². The predicted octanol–water partition coefficient (Wildman–Crippen LogP) is 3.54. The molecule has 0 saturated carbocycles. The molecule has 1 heterocycles. The first kappa shape index (κ1) is 19.1. The number of hydrogen-bond acceptors (Lipinski definition) is 4. The minimum Gasteiger partial charge on any atom is -0.598 e. The summed E-state index contributed by atoms with van der Waals surface area (Å²) in [5.41, 5.74) is 1.49. The quantitative estimate of drug-likeness (QED) is 0.809. The van der Waals surface area contributed by atoms with E-state index >= 15 is 0 Å². The van der Waals surface area contributed by atoms with Crippen LogP contribution >= 0.6 is 0 Å². The van der Waals surface area contributed by atoms with Crippen molar-refractivity contribution in [2.45, 2.75) is 58.3 Å². The van der Waals surface area contributed by atoms with Crippen LogP contribution < -0.4 is 9.46 Å². The van der Waals surface area contributed by atoms with Crippen LogP contribution in [0.15, 0.2) is 12.3 Å². The van der Waals surface area contributed by atoms with E-state index in [0.717, 1.165) is 12.5 Å². The van der Waals surface area contributed by atoms with E-state index in [9.17, 15) is 13.3 Å². The SMILES string of the molecule is Cc1cc(C(C)N[S+]([O-])C(C)(C)C)cnc1OCC(C)(F)F. The number of halogens is 2. The van der Waals surface area contributed by atoms with Gasteiger partial charge in [-0.05, 0) is 46.2 Å². The van der Waals surface area contributed by atoms with Crippen molar-refractivity contribution in [1.29, 1.82) is 0 Å². The van der Waals surface area contributed by atoms with Gasteiger partial charge in [0.15, 0.2) is 6.61 Å². The lowest BCUT2D eigenvalue weighted by molar-refractivity contribution is -0.0244. The Kier molecular flexibility index (Phi) is 6.18.